The van der Waals surface area contributed by atoms with Crippen LogP contribution in [0.4, 0.5) is 0 Å². The molecule has 0 radical (unpaired) electrons. The van der Waals surface area contributed by atoms with E-state index >= 15 is 0 Å². The van der Waals surface area contributed by atoms with Gasteiger partial charge in [0.1, 0.15) is 13.2 Å². The summed E-state index contributed by atoms with van der Waals surface area (Å²) >= 11 is 0. The van der Waals surface area contributed by atoms with E-state index in [1.54, 1.807) is 29.2 Å². The van der Waals surface area contributed by atoms with E-state index < -0.39 is 0 Å². The van der Waals surface area contributed by atoms with E-state index in [1.807, 2.05) is 25.1 Å². The molecule has 0 bridgehead atoms. The molecule has 3 heterocycles. The second kappa shape index (κ2) is 5.39. The fourth-order valence-electron chi connectivity index (χ4n) is 2.72. The van der Waals surface area contributed by atoms with Gasteiger partial charge >= 0.3 is 0 Å². The molecule has 6 nitrogen and oxygen atoms in total. The van der Waals surface area contributed by atoms with Crippen LogP contribution < -0.4 is 15.0 Å². The molecule has 0 saturated heterocycles. The van der Waals surface area contributed by atoms with Crippen LogP contribution >= 0.6 is 0 Å². The van der Waals surface area contributed by atoms with E-state index in [4.69, 9.17) is 9.47 Å². The first-order chi connectivity index (χ1) is 11.2. The number of hydrogen-bond donors (Lipinski definition) is 0. The molecule has 1 atom stereocenters. The Hall–Kier alpha value is -2.89. The lowest BCUT2D eigenvalue weighted by molar-refractivity contribution is 0.171. The Morgan fingerprint density at radius 1 is 1.13 bits per heavy atom. The SMILES string of the molecule is CC(c1ccc2c(c1)OCCO2)n1cnc2cccnc2c1=O. The number of fused-ring (bicyclic) bond motifs is 2. The fourth-order valence-corrected chi connectivity index (χ4v) is 2.72. The third-order valence-corrected chi connectivity index (χ3v) is 4.01. The Balaban J connectivity index is 1.78. The van der Waals surface area contributed by atoms with Gasteiger partial charge in [0.05, 0.1) is 17.9 Å². The van der Waals surface area contributed by atoms with Gasteiger partial charge in [-0.2, -0.15) is 0 Å². The highest BCUT2D eigenvalue weighted by molar-refractivity contribution is 5.72. The maximum atomic E-state index is 12.6. The van der Waals surface area contributed by atoms with Crippen LogP contribution in [0.25, 0.3) is 11.0 Å². The van der Waals surface area contributed by atoms with Crippen LogP contribution in [0.2, 0.25) is 0 Å². The molecule has 0 N–H and O–H groups in total. The number of aromatic nitrogens is 3. The normalized spacial score (nSPS) is 14.7. The number of hydrogen-bond acceptors (Lipinski definition) is 5. The smallest absolute Gasteiger partial charge is 0.280 e. The zero-order valence-corrected chi connectivity index (χ0v) is 12.6. The quantitative estimate of drug-likeness (QED) is 0.726. The summed E-state index contributed by atoms with van der Waals surface area (Å²) in [4.78, 5) is 21.1. The second-order valence-electron chi connectivity index (χ2n) is 5.41. The molecule has 116 valence electrons. The standard InChI is InChI=1S/C17H15N3O3/c1-11(12-4-5-14-15(9-12)23-8-7-22-14)20-10-19-13-3-2-6-18-16(13)17(20)21/h2-6,9-11H,7-8H2,1H3. The van der Waals surface area contributed by atoms with E-state index in [-0.39, 0.29) is 11.6 Å². The van der Waals surface area contributed by atoms with Gasteiger partial charge in [-0.3, -0.25) is 9.36 Å². The van der Waals surface area contributed by atoms with Crippen molar-refractivity contribution in [3.63, 3.8) is 0 Å². The highest BCUT2D eigenvalue weighted by Crippen LogP contribution is 2.33. The summed E-state index contributed by atoms with van der Waals surface area (Å²) in [6.07, 6.45) is 3.16. The van der Waals surface area contributed by atoms with Crippen molar-refractivity contribution in [3.8, 4) is 11.5 Å². The van der Waals surface area contributed by atoms with Crippen molar-refractivity contribution in [2.24, 2.45) is 0 Å². The summed E-state index contributed by atoms with van der Waals surface area (Å²) in [5.41, 5.74) is 1.77. The Kier molecular flexibility index (Phi) is 3.22. The van der Waals surface area contributed by atoms with Gasteiger partial charge in [-0.05, 0) is 36.8 Å². The maximum Gasteiger partial charge on any atom is 0.280 e. The van der Waals surface area contributed by atoms with Crippen molar-refractivity contribution >= 4 is 11.0 Å². The predicted octanol–water partition coefficient (Wildman–Crippen LogP) is 2.17. The molecule has 1 aromatic carbocycles. The number of ether oxygens (including phenoxy) is 2. The highest BCUT2D eigenvalue weighted by Gasteiger charge is 2.17. The van der Waals surface area contributed by atoms with Crippen molar-refractivity contribution in [2.45, 2.75) is 13.0 Å². The van der Waals surface area contributed by atoms with Crippen LogP contribution in [-0.4, -0.2) is 27.7 Å². The lowest BCUT2D eigenvalue weighted by Crippen LogP contribution is -2.25. The molecular formula is C17H15N3O3. The maximum absolute atomic E-state index is 12.6. The molecule has 1 aliphatic rings. The third-order valence-electron chi connectivity index (χ3n) is 4.01. The number of benzene rings is 1. The van der Waals surface area contributed by atoms with Gasteiger partial charge in [0, 0.05) is 6.20 Å². The Morgan fingerprint density at radius 2 is 1.96 bits per heavy atom. The molecule has 0 amide bonds. The van der Waals surface area contributed by atoms with Gasteiger partial charge < -0.3 is 9.47 Å². The summed E-state index contributed by atoms with van der Waals surface area (Å²) in [7, 11) is 0. The fraction of sp³-hybridized carbons (Fsp3) is 0.235. The Bertz CT molecular complexity index is 936. The van der Waals surface area contributed by atoms with Gasteiger partial charge in [0.25, 0.3) is 5.56 Å². The van der Waals surface area contributed by atoms with E-state index in [9.17, 15) is 4.79 Å². The van der Waals surface area contributed by atoms with Crippen molar-refractivity contribution in [2.75, 3.05) is 13.2 Å². The third kappa shape index (κ3) is 2.32. The van der Waals surface area contributed by atoms with E-state index in [0.717, 1.165) is 11.3 Å². The van der Waals surface area contributed by atoms with Crippen molar-refractivity contribution in [1.29, 1.82) is 0 Å². The minimum absolute atomic E-state index is 0.155. The van der Waals surface area contributed by atoms with Crippen molar-refractivity contribution in [3.05, 3.63) is 58.8 Å². The second-order valence-corrected chi connectivity index (χ2v) is 5.41. The molecule has 0 fully saturated rings. The molecule has 4 rings (SSSR count). The predicted molar refractivity (Wildman–Crippen MR) is 85.0 cm³/mol. The lowest BCUT2D eigenvalue weighted by atomic mass is 10.1. The highest BCUT2D eigenvalue weighted by atomic mass is 16.6. The molecule has 0 spiro atoms. The average molecular weight is 309 g/mol. The van der Waals surface area contributed by atoms with Gasteiger partial charge in [0.15, 0.2) is 17.0 Å². The topological polar surface area (TPSA) is 66.2 Å². The Morgan fingerprint density at radius 3 is 2.83 bits per heavy atom. The van der Waals surface area contributed by atoms with E-state index in [0.29, 0.717) is 30.0 Å². The van der Waals surface area contributed by atoms with Crippen molar-refractivity contribution < 1.29 is 9.47 Å². The zero-order valence-electron chi connectivity index (χ0n) is 12.6. The summed E-state index contributed by atoms with van der Waals surface area (Å²) < 4.78 is 12.7. The van der Waals surface area contributed by atoms with Gasteiger partial charge in [-0.25, -0.2) is 9.97 Å². The van der Waals surface area contributed by atoms with Crippen LogP contribution in [-0.2, 0) is 0 Å². The molecule has 1 unspecified atom stereocenters. The van der Waals surface area contributed by atoms with Crippen LogP contribution in [0.3, 0.4) is 0 Å². The Labute approximate surface area is 132 Å². The van der Waals surface area contributed by atoms with Gasteiger partial charge in [-0.1, -0.05) is 6.07 Å². The molecule has 23 heavy (non-hydrogen) atoms. The van der Waals surface area contributed by atoms with Crippen LogP contribution in [0, 0.1) is 0 Å². The summed E-state index contributed by atoms with van der Waals surface area (Å²) in [6.45, 7) is 3.04. The van der Waals surface area contributed by atoms with E-state index in [1.165, 1.54) is 0 Å². The van der Waals surface area contributed by atoms with Gasteiger partial charge in [-0.15, -0.1) is 0 Å². The molecule has 1 aliphatic heterocycles. The molecule has 6 heteroatoms. The molecule has 3 aromatic rings. The largest absolute Gasteiger partial charge is 0.486 e. The molecular weight excluding hydrogens is 294 g/mol. The van der Waals surface area contributed by atoms with Crippen molar-refractivity contribution in [1.82, 2.24) is 14.5 Å². The minimum Gasteiger partial charge on any atom is -0.486 e. The summed E-state index contributed by atoms with van der Waals surface area (Å²) in [5.74, 6) is 1.44. The first-order valence-electron chi connectivity index (χ1n) is 7.45. The first-order valence-corrected chi connectivity index (χ1v) is 7.45. The monoisotopic (exact) mass is 309 g/mol. The lowest BCUT2D eigenvalue weighted by Gasteiger charge is -2.21. The van der Waals surface area contributed by atoms with Crippen LogP contribution in [0.5, 0.6) is 11.5 Å². The van der Waals surface area contributed by atoms with E-state index in [2.05, 4.69) is 9.97 Å². The van der Waals surface area contributed by atoms with Gasteiger partial charge in [0.2, 0.25) is 0 Å². The van der Waals surface area contributed by atoms with Crippen LogP contribution in [0.1, 0.15) is 18.5 Å². The number of rotatable bonds is 2. The molecule has 2 aromatic heterocycles. The molecule has 0 saturated carbocycles. The zero-order chi connectivity index (χ0) is 15.8. The number of pyridine rings is 1. The first kappa shape index (κ1) is 13.8. The average Bonchev–Trinajstić information content (AvgIpc) is 2.61. The summed E-state index contributed by atoms with van der Waals surface area (Å²) in [5, 5.41) is 0. The number of nitrogens with zero attached hydrogens (tertiary/aromatic N) is 3. The van der Waals surface area contributed by atoms with Crippen LogP contribution in [0.15, 0.2) is 47.7 Å². The minimum atomic E-state index is -0.183. The summed E-state index contributed by atoms with van der Waals surface area (Å²) in [6, 6.07) is 9.09. The molecule has 0 aliphatic carbocycles.